The molecule has 2 fully saturated rings. The van der Waals surface area contributed by atoms with Crippen molar-refractivity contribution >= 4 is 0 Å². The number of aliphatic hydroxyl groups excluding tert-OH is 1. The van der Waals surface area contributed by atoms with Crippen LogP contribution in [0.3, 0.4) is 0 Å². The lowest BCUT2D eigenvalue weighted by Crippen LogP contribution is -2.39. The van der Waals surface area contributed by atoms with Crippen molar-refractivity contribution in [3.63, 3.8) is 0 Å². The van der Waals surface area contributed by atoms with E-state index in [0.717, 1.165) is 31.3 Å². The molecule has 0 spiro atoms. The zero-order valence-corrected chi connectivity index (χ0v) is 13.1. The first kappa shape index (κ1) is 15.3. The van der Waals surface area contributed by atoms with Gasteiger partial charge in [-0.1, -0.05) is 27.2 Å². The van der Waals surface area contributed by atoms with Crippen LogP contribution in [0.2, 0.25) is 0 Å². The monoisotopic (exact) mass is 267 g/mol. The summed E-state index contributed by atoms with van der Waals surface area (Å²) in [5.74, 6) is 1.62. The maximum Gasteiger partial charge on any atom is 0.0543 e. The van der Waals surface area contributed by atoms with Crippen LogP contribution >= 0.6 is 0 Å². The summed E-state index contributed by atoms with van der Waals surface area (Å²) in [6.45, 7) is 8.28. The molecule has 2 atom stereocenters. The van der Waals surface area contributed by atoms with E-state index in [0.29, 0.717) is 11.3 Å². The molecule has 0 aromatic rings. The van der Waals surface area contributed by atoms with E-state index in [-0.39, 0.29) is 6.10 Å². The van der Waals surface area contributed by atoms with E-state index in [1.165, 1.54) is 38.5 Å². The largest absolute Gasteiger partial charge is 0.393 e. The third-order valence-corrected chi connectivity index (χ3v) is 5.40. The molecule has 2 saturated carbocycles. The normalized spacial score (nSPS) is 37.3. The predicted molar refractivity (Wildman–Crippen MR) is 81.2 cm³/mol. The second-order valence-electron chi connectivity index (χ2n) is 8.01. The van der Waals surface area contributed by atoms with Crippen molar-refractivity contribution in [1.82, 2.24) is 5.32 Å². The summed E-state index contributed by atoms with van der Waals surface area (Å²) in [5.41, 5.74) is 0.485. The minimum atomic E-state index is -0.0304. The van der Waals surface area contributed by atoms with Crippen molar-refractivity contribution in [1.29, 1.82) is 0 Å². The Balaban J connectivity index is 1.66. The average molecular weight is 267 g/mol. The first-order valence-electron chi connectivity index (χ1n) is 8.36. The molecule has 2 heteroatoms. The lowest BCUT2D eigenvalue weighted by atomic mass is 9.71. The Morgan fingerprint density at radius 2 is 1.68 bits per heavy atom. The van der Waals surface area contributed by atoms with Crippen LogP contribution in [0, 0.1) is 17.3 Å². The lowest BCUT2D eigenvalue weighted by molar-refractivity contribution is 0.0969. The molecule has 2 aliphatic rings. The molecule has 0 aromatic heterocycles. The molecule has 19 heavy (non-hydrogen) atoms. The third-order valence-electron chi connectivity index (χ3n) is 5.40. The average Bonchev–Trinajstić information content (AvgIpc) is 2.36. The van der Waals surface area contributed by atoms with Crippen LogP contribution in [0.25, 0.3) is 0 Å². The molecule has 0 aliphatic heterocycles. The fraction of sp³-hybridized carbons (Fsp3) is 1.00. The molecule has 0 bridgehead atoms. The highest BCUT2D eigenvalue weighted by Gasteiger charge is 2.30. The van der Waals surface area contributed by atoms with Gasteiger partial charge in [0.1, 0.15) is 0 Å². The van der Waals surface area contributed by atoms with Gasteiger partial charge in [-0.2, -0.15) is 0 Å². The number of rotatable bonds is 3. The SMILES string of the molecule is CC(C)(C)C1CCC(NCC2CCCC(O)C2)CC1. The molecule has 2 N–H and O–H groups in total. The molecule has 0 heterocycles. The Hall–Kier alpha value is -0.0800. The Kier molecular flexibility index (Phi) is 5.30. The van der Waals surface area contributed by atoms with Gasteiger partial charge < -0.3 is 10.4 Å². The van der Waals surface area contributed by atoms with Crippen LogP contribution in [-0.2, 0) is 0 Å². The predicted octanol–water partition coefficient (Wildman–Crippen LogP) is 3.73. The molecule has 2 aliphatic carbocycles. The standard InChI is InChI=1S/C17H33NO/c1-17(2,3)14-7-9-15(10-8-14)18-12-13-5-4-6-16(19)11-13/h13-16,18-19H,4-12H2,1-3H3. The van der Waals surface area contributed by atoms with Gasteiger partial charge in [0.25, 0.3) is 0 Å². The van der Waals surface area contributed by atoms with Crippen LogP contribution in [0.1, 0.15) is 72.1 Å². The Labute approximate surface area is 119 Å². The van der Waals surface area contributed by atoms with Crippen LogP contribution in [-0.4, -0.2) is 23.8 Å². The van der Waals surface area contributed by atoms with Crippen LogP contribution in [0.4, 0.5) is 0 Å². The Morgan fingerprint density at radius 3 is 2.26 bits per heavy atom. The van der Waals surface area contributed by atoms with E-state index in [1.54, 1.807) is 0 Å². The van der Waals surface area contributed by atoms with E-state index >= 15 is 0 Å². The second kappa shape index (κ2) is 6.58. The highest BCUT2D eigenvalue weighted by molar-refractivity contribution is 4.84. The second-order valence-corrected chi connectivity index (χ2v) is 8.01. The molecule has 2 nitrogen and oxygen atoms in total. The van der Waals surface area contributed by atoms with Crippen molar-refractivity contribution in [2.75, 3.05) is 6.54 Å². The van der Waals surface area contributed by atoms with Crippen LogP contribution in [0.5, 0.6) is 0 Å². The van der Waals surface area contributed by atoms with Crippen LogP contribution in [0.15, 0.2) is 0 Å². The Bertz CT molecular complexity index is 263. The van der Waals surface area contributed by atoms with Crippen molar-refractivity contribution < 1.29 is 5.11 Å². The molecule has 0 saturated heterocycles. The fourth-order valence-corrected chi connectivity index (χ4v) is 3.94. The summed E-state index contributed by atoms with van der Waals surface area (Å²) in [5, 5.41) is 13.5. The van der Waals surface area contributed by atoms with E-state index < -0.39 is 0 Å². The zero-order chi connectivity index (χ0) is 13.9. The number of aliphatic hydroxyl groups is 1. The van der Waals surface area contributed by atoms with Gasteiger partial charge in [0.2, 0.25) is 0 Å². The highest BCUT2D eigenvalue weighted by atomic mass is 16.3. The lowest BCUT2D eigenvalue weighted by Gasteiger charge is -2.38. The minimum absolute atomic E-state index is 0.0304. The van der Waals surface area contributed by atoms with Gasteiger partial charge in [0, 0.05) is 6.04 Å². The molecular formula is C17H33NO. The highest BCUT2D eigenvalue weighted by Crippen LogP contribution is 2.37. The first-order valence-corrected chi connectivity index (χ1v) is 8.36. The van der Waals surface area contributed by atoms with Gasteiger partial charge in [0.15, 0.2) is 0 Å². The van der Waals surface area contributed by atoms with E-state index in [4.69, 9.17) is 0 Å². The van der Waals surface area contributed by atoms with Gasteiger partial charge in [0.05, 0.1) is 6.10 Å². The van der Waals surface area contributed by atoms with Gasteiger partial charge in [-0.3, -0.25) is 0 Å². The molecule has 2 unspecified atom stereocenters. The zero-order valence-electron chi connectivity index (χ0n) is 13.1. The summed E-state index contributed by atoms with van der Waals surface area (Å²) in [7, 11) is 0. The maximum absolute atomic E-state index is 9.71. The summed E-state index contributed by atoms with van der Waals surface area (Å²) in [6.07, 6.45) is 9.98. The van der Waals surface area contributed by atoms with Crippen molar-refractivity contribution in [3.05, 3.63) is 0 Å². The van der Waals surface area contributed by atoms with Crippen molar-refractivity contribution in [3.8, 4) is 0 Å². The first-order chi connectivity index (χ1) is 8.95. The molecule has 0 amide bonds. The van der Waals surface area contributed by atoms with Gasteiger partial charge in [-0.15, -0.1) is 0 Å². The fourth-order valence-electron chi connectivity index (χ4n) is 3.94. The van der Waals surface area contributed by atoms with E-state index in [1.807, 2.05) is 0 Å². The van der Waals surface area contributed by atoms with E-state index in [9.17, 15) is 5.11 Å². The van der Waals surface area contributed by atoms with Crippen LogP contribution < -0.4 is 5.32 Å². The summed E-state index contributed by atoms with van der Waals surface area (Å²) in [6, 6.07) is 0.734. The third kappa shape index (κ3) is 4.75. The quantitative estimate of drug-likeness (QED) is 0.816. The smallest absolute Gasteiger partial charge is 0.0543 e. The molecule has 0 aromatic carbocycles. The summed E-state index contributed by atoms with van der Waals surface area (Å²) >= 11 is 0. The summed E-state index contributed by atoms with van der Waals surface area (Å²) < 4.78 is 0. The molecule has 0 radical (unpaired) electrons. The van der Waals surface area contributed by atoms with Crippen molar-refractivity contribution in [2.45, 2.75) is 84.3 Å². The number of hydrogen-bond donors (Lipinski definition) is 2. The number of hydrogen-bond acceptors (Lipinski definition) is 2. The molecular weight excluding hydrogens is 234 g/mol. The van der Waals surface area contributed by atoms with E-state index in [2.05, 4.69) is 26.1 Å². The molecule has 112 valence electrons. The maximum atomic E-state index is 9.71. The van der Waals surface area contributed by atoms with Crippen molar-refractivity contribution in [2.24, 2.45) is 17.3 Å². The van der Waals surface area contributed by atoms with Gasteiger partial charge in [-0.25, -0.2) is 0 Å². The van der Waals surface area contributed by atoms with Gasteiger partial charge >= 0.3 is 0 Å². The minimum Gasteiger partial charge on any atom is -0.393 e. The van der Waals surface area contributed by atoms with Gasteiger partial charge in [-0.05, 0) is 68.7 Å². The Morgan fingerprint density at radius 1 is 1.00 bits per heavy atom. The topological polar surface area (TPSA) is 32.3 Å². The summed E-state index contributed by atoms with van der Waals surface area (Å²) in [4.78, 5) is 0. The molecule has 2 rings (SSSR count). The number of nitrogens with one attached hydrogen (secondary N) is 1.